The highest BCUT2D eigenvalue weighted by molar-refractivity contribution is 4.67. The number of aliphatic hydroxyl groups is 2. The van der Waals surface area contributed by atoms with Crippen molar-refractivity contribution in [3.05, 3.63) is 0 Å². The Morgan fingerprint density at radius 3 is 2.15 bits per heavy atom. The van der Waals surface area contributed by atoms with Gasteiger partial charge in [0.25, 0.3) is 0 Å². The van der Waals surface area contributed by atoms with Gasteiger partial charge in [-0.05, 0) is 32.6 Å². The minimum absolute atomic E-state index is 0.00667. The van der Waals surface area contributed by atoms with E-state index in [2.05, 4.69) is 13.8 Å². The van der Waals surface area contributed by atoms with Crippen LogP contribution in [-0.2, 0) is 9.47 Å². The monoisotopic (exact) mass is 290 g/mol. The number of rotatable bonds is 8. The van der Waals surface area contributed by atoms with E-state index in [0.29, 0.717) is 12.7 Å². The minimum atomic E-state index is -0.445. The molecule has 1 saturated carbocycles. The summed E-state index contributed by atoms with van der Waals surface area (Å²) in [4.78, 5) is 0. The number of hydrogen-bond acceptors (Lipinski definition) is 4. The molecule has 1 rings (SSSR count). The molecule has 0 saturated heterocycles. The Morgan fingerprint density at radius 1 is 1.10 bits per heavy atom. The molecule has 0 amide bonds. The molecule has 4 nitrogen and oxygen atoms in total. The Morgan fingerprint density at radius 2 is 1.70 bits per heavy atom. The van der Waals surface area contributed by atoms with Gasteiger partial charge in [0.15, 0.2) is 0 Å². The van der Waals surface area contributed by atoms with Gasteiger partial charge in [0.2, 0.25) is 0 Å². The van der Waals surface area contributed by atoms with Crippen molar-refractivity contribution in [3.63, 3.8) is 0 Å². The molecule has 1 aliphatic rings. The second kappa shape index (κ2) is 12.6. The molecule has 3 atom stereocenters. The summed E-state index contributed by atoms with van der Waals surface area (Å²) in [5.41, 5.74) is 0. The van der Waals surface area contributed by atoms with Crippen LogP contribution in [0.1, 0.15) is 59.8 Å². The van der Waals surface area contributed by atoms with Gasteiger partial charge in [0, 0.05) is 6.61 Å². The molecule has 0 radical (unpaired) electrons. The molecule has 1 aliphatic carbocycles. The van der Waals surface area contributed by atoms with Crippen molar-refractivity contribution in [2.75, 3.05) is 19.8 Å². The van der Waals surface area contributed by atoms with Crippen LogP contribution in [0.4, 0.5) is 0 Å². The lowest BCUT2D eigenvalue weighted by molar-refractivity contribution is -0.0177. The highest BCUT2D eigenvalue weighted by Gasteiger charge is 2.15. The maximum absolute atomic E-state index is 8.69. The molecule has 20 heavy (non-hydrogen) atoms. The summed E-state index contributed by atoms with van der Waals surface area (Å²) >= 11 is 0. The average molecular weight is 290 g/mol. The Hall–Kier alpha value is -0.160. The molecular weight excluding hydrogens is 256 g/mol. The van der Waals surface area contributed by atoms with Gasteiger partial charge >= 0.3 is 0 Å². The van der Waals surface area contributed by atoms with Crippen molar-refractivity contribution in [2.45, 2.75) is 78.1 Å². The van der Waals surface area contributed by atoms with Crippen LogP contribution in [0.15, 0.2) is 0 Å². The standard InChI is InChI=1S/C10H20O.C6H14O3/c1-3-9(2)8-11-10-6-4-5-7-10;1-5(8)4-9-6(2)3-7/h9-10H,3-8H2,1-2H3;5-8H,3-4H2,1-2H3. The summed E-state index contributed by atoms with van der Waals surface area (Å²) < 4.78 is 10.7. The predicted octanol–water partition coefficient (Wildman–Crippen LogP) is 2.76. The van der Waals surface area contributed by atoms with E-state index in [1.165, 1.54) is 32.1 Å². The maximum atomic E-state index is 8.69. The van der Waals surface area contributed by atoms with Crippen LogP contribution in [-0.4, -0.2) is 48.3 Å². The lowest BCUT2D eigenvalue weighted by atomic mass is 10.1. The van der Waals surface area contributed by atoms with E-state index in [9.17, 15) is 0 Å². The summed E-state index contributed by atoms with van der Waals surface area (Å²) in [6.45, 7) is 9.15. The van der Waals surface area contributed by atoms with Crippen LogP contribution in [0.25, 0.3) is 0 Å². The first kappa shape index (κ1) is 19.8. The van der Waals surface area contributed by atoms with Crippen LogP contribution in [0.3, 0.4) is 0 Å². The highest BCUT2D eigenvalue weighted by atomic mass is 16.5. The largest absolute Gasteiger partial charge is 0.394 e. The number of ether oxygens (including phenoxy) is 2. The molecule has 0 aliphatic heterocycles. The summed E-state index contributed by atoms with van der Waals surface area (Å²) in [6.07, 6.45) is 6.60. The minimum Gasteiger partial charge on any atom is -0.394 e. The SMILES string of the molecule is CC(O)COC(C)CO.CCC(C)COC1CCCC1. The molecular formula is C16H34O4. The average Bonchev–Trinajstić information content (AvgIpc) is 2.96. The molecule has 0 heterocycles. The highest BCUT2D eigenvalue weighted by Crippen LogP contribution is 2.21. The van der Waals surface area contributed by atoms with E-state index in [0.717, 1.165) is 12.5 Å². The van der Waals surface area contributed by atoms with Crippen molar-refractivity contribution in [1.29, 1.82) is 0 Å². The fourth-order valence-corrected chi connectivity index (χ4v) is 1.83. The molecule has 122 valence electrons. The van der Waals surface area contributed by atoms with Crippen LogP contribution in [0, 0.1) is 5.92 Å². The molecule has 0 aromatic carbocycles. The first-order chi connectivity index (χ1) is 9.49. The van der Waals surface area contributed by atoms with E-state index < -0.39 is 6.10 Å². The van der Waals surface area contributed by atoms with Crippen molar-refractivity contribution < 1.29 is 19.7 Å². The first-order valence-corrected chi connectivity index (χ1v) is 8.01. The van der Waals surface area contributed by atoms with Crippen molar-refractivity contribution >= 4 is 0 Å². The normalized spacial score (nSPS) is 20.1. The van der Waals surface area contributed by atoms with Gasteiger partial charge in [-0.3, -0.25) is 0 Å². The van der Waals surface area contributed by atoms with Crippen LogP contribution in [0.5, 0.6) is 0 Å². The van der Waals surface area contributed by atoms with Crippen molar-refractivity contribution in [2.24, 2.45) is 5.92 Å². The zero-order valence-electron chi connectivity index (χ0n) is 13.7. The lowest BCUT2D eigenvalue weighted by Gasteiger charge is -2.14. The third-order valence-corrected chi connectivity index (χ3v) is 3.49. The molecule has 0 aromatic rings. The Bertz CT molecular complexity index is 203. The maximum Gasteiger partial charge on any atom is 0.0779 e. The first-order valence-electron chi connectivity index (χ1n) is 8.01. The lowest BCUT2D eigenvalue weighted by Crippen LogP contribution is -2.19. The van der Waals surface area contributed by atoms with E-state index in [4.69, 9.17) is 19.7 Å². The molecule has 4 heteroatoms. The van der Waals surface area contributed by atoms with Gasteiger partial charge in [0.05, 0.1) is 31.5 Å². The van der Waals surface area contributed by atoms with E-state index in [-0.39, 0.29) is 12.7 Å². The Balaban J connectivity index is 0.000000370. The summed E-state index contributed by atoms with van der Waals surface area (Å²) in [5.74, 6) is 0.746. The second-order valence-corrected chi connectivity index (χ2v) is 5.93. The van der Waals surface area contributed by atoms with Crippen LogP contribution >= 0.6 is 0 Å². The third kappa shape index (κ3) is 11.6. The van der Waals surface area contributed by atoms with E-state index >= 15 is 0 Å². The molecule has 3 unspecified atom stereocenters. The summed E-state index contributed by atoms with van der Waals surface area (Å²) in [6, 6.07) is 0. The molecule has 0 bridgehead atoms. The van der Waals surface area contributed by atoms with Gasteiger partial charge in [-0.2, -0.15) is 0 Å². The fraction of sp³-hybridized carbons (Fsp3) is 1.00. The van der Waals surface area contributed by atoms with Gasteiger partial charge in [-0.1, -0.05) is 33.1 Å². The van der Waals surface area contributed by atoms with Crippen LogP contribution in [0.2, 0.25) is 0 Å². The Labute approximate surface area is 124 Å². The van der Waals surface area contributed by atoms with Crippen LogP contribution < -0.4 is 0 Å². The number of aliphatic hydroxyl groups excluding tert-OH is 2. The fourth-order valence-electron chi connectivity index (χ4n) is 1.83. The predicted molar refractivity (Wildman–Crippen MR) is 81.8 cm³/mol. The molecule has 2 N–H and O–H groups in total. The quantitative estimate of drug-likeness (QED) is 0.721. The number of hydrogen-bond donors (Lipinski definition) is 2. The van der Waals surface area contributed by atoms with Gasteiger partial charge in [-0.25, -0.2) is 0 Å². The van der Waals surface area contributed by atoms with Gasteiger partial charge in [0.1, 0.15) is 0 Å². The second-order valence-electron chi connectivity index (χ2n) is 5.93. The van der Waals surface area contributed by atoms with E-state index in [1.54, 1.807) is 13.8 Å². The molecule has 0 aromatic heterocycles. The summed E-state index contributed by atoms with van der Waals surface area (Å²) in [5, 5.41) is 17.1. The zero-order valence-corrected chi connectivity index (χ0v) is 13.7. The third-order valence-electron chi connectivity index (χ3n) is 3.49. The molecule has 0 spiro atoms. The molecule has 1 fully saturated rings. The van der Waals surface area contributed by atoms with Gasteiger partial charge < -0.3 is 19.7 Å². The summed E-state index contributed by atoms with van der Waals surface area (Å²) in [7, 11) is 0. The smallest absolute Gasteiger partial charge is 0.0779 e. The van der Waals surface area contributed by atoms with Crippen molar-refractivity contribution in [1.82, 2.24) is 0 Å². The topological polar surface area (TPSA) is 58.9 Å². The van der Waals surface area contributed by atoms with E-state index in [1.807, 2.05) is 0 Å². The Kier molecular flexibility index (Phi) is 12.5. The zero-order chi connectivity index (χ0) is 15.4. The van der Waals surface area contributed by atoms with Crippen molar-refractivity contribution in [3.8, 4) is 0 Å². The van der Waals surface area contributed by atoms with Gasteiger partial charge in [-0.15, -0.1) is 0 Å².